The molecule has 1 aliphatic rings. The largest absolute Gasteiger partial charge is 0.325 e. The van der Waals surface area contributed by atoms with Crippen molar-refractivity contribution in [3.63, 3.8) is 0 Å². The molecule has 2 aromatic rings. The molecule has 1 aliphatic heterocycles. The minimum Gasteiger partial charge on any atom is -0.325 e. The van der Waals surface area contributed by atoms with Crippen LogP contribution in [0.4, 0.5) is 10.5 Å². The highest BCUT2D eigenvalue weighted by atomic mass is 32.2. The molecule has 7 heteroatoms. The molecule has 0 spiro atoms. The van der Waals surface area contributed by atoms with Crippen LogP contribution >= 0.6 is 11.8 Å². The number of benzene rings is 1. The van der Waals surface area contributed by atoms with Crippen molar-refractivity contribution in [3.8, 4) is 0 Å². The fourth-order valence-corrected chi connectivity index (χ4v) is 3.68. The standard InChI is InChI=1S/C17H23N5OS/c1-13(24-17-20-18-12-21(17)2)14-7-6-8-15(11-14)19-16(23)22-9-4-3-5-10-22/h6-8,11-13H,3-5,9-10H2,1-2H3,(H,19,23)/t13-/m0/s1. The molecule has 0 saturated carbocycles. The molecule has 1 saturated heterocycles. The van der Waals surface area contributed by atoms with Gasteiger partial charge in [0.2, 0.25) is 0 Å². The second-order valence-corrected chi connectivity index (χ2v) is 7.40. The Morgan fingerprint density at radius 1 is 1.29 bits per heavy atom. The third-order valence-corrected chi connectivity index (χ3v) is 5.41. The number of nitrogens with one attached hydrogen (secondary N) is 1. The van der Waals surface area contributed by atoms with Gasteiger partial charge in [-0.1, -0.05) is 23.9 Å². The van der Waals surface area contributed by atoms with E-state index in [9.17, 15) is 4.79 Å². The van der Waals surface area contributed by atoms with E-state index >= 15 is 0 Å². The molecule has 1 aromatic heterocycles. The van der Waals surface area contributed by atoms with Crippen molar-refractivity contribution in [1.29, 1.82) is 0 Å². The molecule has 24 heavy (non-hydrogen) atoms. The minimum absolute atomic E-state index is 0.000423. The van der Waals surface area contributed by atoms with Gasteiger partial charge < -0.3 is 14.8 Å². The number of carbonyl (C=O) groups is 1. The number of thioether (sulfide) groups is 1. The summed E-state index contributed by atoms with van der Waals surface area (Å²) in [7, 11) is 1.93. The number of amides is 2. The number of carbonyl (C=O) groups excluding carboxylic acids is 1. The summed E-state index contributed by atoms with van der Waals surface area (Å²) in [5.41, 5.74) is 1.99. The maximum atomic E-state index is 12.3. The lowest BCUT2D eigenvalue weighted by atomic mass is 10.1. The molecule has 0 unspecified atom stereocenters. The highest BCUT2D eigenvalue weighted by molar-refractivity contribution is 7.99. The van der Waals surface area contributed by atoms with Gasteiger partial charge in [0.1, 0.15) is 6.33 Å². The number of hydrogen-bond donors (Lipinski definition) is 1. The Morgan fingerprint density at radius 3 is 2.79 bits per heavy atom. The number of likely N-dealkylation sites (tertiary alicyclic amines) is 1. The van der Waals surface area contributed by atoms with Crippen molar-refractivity contribution < 1.29 is 4.79 Å². The smallest absolute Gasteiger partial charge is 0.321 e. The molecule has 0 bridgehead atoms. The van der Waals surface area contributed by atoms with Crippen molar-refractivity contribution in [2.45, 2.75) is 36.6 Å². The second-order valence-electron chi connectivity index (χ2n) is 6.09. The molecular formula is C17H23N5OS. The van der Waals surface area contributed by atoms with Crippen LogP contribution in [-0.4, -0.2) is 38.8 Å². The molecule has 1 aromatic carbocycles. The van der Waals surface area contributed by atoms with Gasteiger partial charge in [-0.2, -0.15) is 0 Å². The molecule has 1 atom stereocenters. The third-order valence-electron chi connectivity index (χ3n) is 4.20. The zero-order valence-corrected chi connectivity index (χ0v) is 14.9. The van der Waals surface area contributed by atoms with E-state index in [1.165, 1.54) is 6.42 Å². The molecule has 6 nitrogen and oxygen atoms in total. The van der Waals surface area contributed by atoms with Crippen LogP contribution in [-0.2, 0) is 7.05 Å². The normalized spacial score (nSPS) is 16.0. The van der Waals surface area contributed by atoms with Crippen LogP contribution in [0, 0.1) is 0 Å². The summed E-state index contributed by atoms with van der Waals surface area (Å²) >= 11 is 1.65. The summed E-state index contributed by atoms with van der Waals surface area (Å²) < 4.78 is 1.91. The number of nitrogens with zero attached hydrogens (tertiary/aromatic N) is 4. The molecule has 2 amide bonds. The average molecular weight is 345 g/mol. The molecule has 2 heterocycles. The second kappa shape index (κ2) is 7.70. The van der Waals surface area contributed by atoms with Crippen LogP contribution in [0.15, 0.2) is 35.7 Å². The van der Waals surface area contributed by atoms with Crippen LogP contribution in [0.2, 0.25) is 0 Å². The van der Waals surface area contributed by atoms with Crippen LogP contribution in [0.5, 0.6) is 0 Å². The van der Waals surface area contributed by atoms with Gasteiger partial charge in [-0.3, -0.25) is 0 Å². The van der Waals surface area contributed by atoms with E-state index in [1.54, 1.807) is 18.1 Å². The predicted molar refractivity (Wildman–Crippen MR) is 96.2 cm³/mol. The Kier molecular flexibility index (Phi) is 5.40. The van der Waals surface area contributed by atoms with Crippen LogP contribution in [0.3, 0.4) is 0 Å². The molecule has 0 radical (unpaired) electrons. The fourth-order valence-electron chi connectivity index (χ4n) is 2.77. The number of aryl methyl sites for hydroxylation is 1. The lowest BCUT2D eigenvalue weighted by molar-refractivity contribution is 0.200. The van der Waals surface area contributed by atoms with Gasteiger partial charge >= 0.3 is 6.03 Å². The Morgan fingerprint density at radius 2 is 2.08 bits per heavy atom. The van der Waals surface area contributed by atoms with Gasteiger partial charge in [-0.25, -0.2) is 4.79 Å². The van der Waals surface area contributed by atoms with Crippen molar-refractivity contribution >= 4 is 23.5 Å². The predicted octanol–water partition coefficient (Wildman–Crippen LogP) is 3.69. The molecule has 1 N–H and O–H groups in total. The van der Waals surface area contributed by atoms with E-state index in [0.29, 0.717) is 0 Å². The van der Waals surface area contributed by atoms with E-state index in [1.807, 2.05) is 34.7 Å². The van der Waals surface area contributed by atoms with Gasteiger partial charge in [0, 0.05) is 31.1 Å². The first-order valence-electron chi connectivity index (χ1n) is 8.30. The summed E-state index contributed by atoms with van der Waals surface area (Å²) in [5.74, 6) is 0. The maximum Gasteiger partial charge on any atom is 0.321 e. The van der Waals surface area contributed by atoms with E-state index in [-0.39, 0.29) is 11.3 Å². The van der Waals surface area contributed by atoms with Gasteiger partial charge in [0.25, 0.3) is 0 Å². The zero-order chi connectivity index (χ0) is 16.9. The quantitative estimate of drug-likeness (QED) is 0.859. The SMILES string of the molecule is C[C@H](Sc1nncn1C)c1cccc(NC(=O)N2CCCCC2)c1. The Labute approximate surface area is 146 Å². The first-order valence-corrected chi connectivity index (χ1v) is 9.18. The molecular weight excluding hydrogens is 322 g/mol. The van der Waals surface area contributed by atoms with E-state index in [4.69, 9.17) is 0 Å². The first kappa shape index (κ1) is 16.8. The van der Waals surface area contributed by atoms with Gasteiger partial charge in [0.15, 0.2) is 5.16 Å². The summed E-state index contributed by atoms with van der Waals surface area (Å²) in [6, 6.07) is 8.03. The molecule has 128 valence electrons. The van der Waals surface area contributed by atoms with Crippen molar-refractivity contribution in [2.24, 2.45) is 7.05 Å². The minimum atomic E-state index is 0.000423. The van der Waals surface area contributed by atoms with E-state index < -0.39 is 0 Å². The van der Waals surface area contributed by atoms with Crippen LogP contribution < -0.4 is 5.32 Å². The van der Waals surface area contributed by atoms with Crippen molar-refractivity contribution in [1.82, 2.24) is 19.7 Å². The number of aromatic nitrogens is 3. The molecule has 3 rings (SSSR count). The number of piperidine rings is 1. The van der Waals surface area contributed by atoms with Gasteiger partial charge in [-0.05, 0) is 43.9 Å². The van der Waals surface area contributed by atoms with Gasteiger partial charge in [0.05, 0.1) is 0 Å². The summed E-state index contributed by atoms with van der Waals surface area (Å²) in [6.45, 7) is 3.83. The third kappa shape index (κ3) is 4.08. The zero-order valence-electron chi connectivity index (χ0n) is 14.1. The number of hydrogen-bond acceptors (Lipinski definition) is 4. The summed E-state index contributed by atoms with van der Waals surface area (Å²) in [6.07, 6.45) is 5.11. The van der Waals surface area contributed by atoms with Crippen molar-refractivity contribution in [3.05, 3.63) is 36.2 Å². The highest BCUT2D eigenvalue weighted by Gasteiger charge is 2.17. The lowest BCUT2D eigenvalue weighted by Gasteiger charge is -2.27. The maximum absolute atomic E-state index is 12.3. The molecule has 0 aliphatic carbocycles. The Bertz CT molecular complexity index is 696. The fraction of sp³-hybridized carbons (Fsp3) is 0.471. The lowest BCUT2D eigenvalue weighted by Crippen LogP contribution is -2.38. The van der Waals surface area contributed by atoms with Crippen molar-refractivity contribution in [2.75, 3.05) is 18.4 Å². The Hall–Kier alpha value is -2.02. The highest BCUT2D eigenvalue weighted by Crippen LogP contribution is 2.34. The topological polar surface area (TPSA) is 63.1 Å². The monoisotopic (exact) mass is 345 g/mol. The first-order chi connectivity index (χ1) is 11.6. The Balaban J connectivity index is 1.65. The molecule has 1 fully saturated rings. The number of anilines is 1. The van der Waals surface area contributed by atoms with E-state index in [2.05, 4.69) is 28.5 Å². The number of urea groups is 1. The van der Waals surface area contributed by atoms with E-state index in [0.717, 1.165) is 42.3 Å². The number of rotatable bonds is 4. The van der Waals surface area contributed by atoms with Crippen LogP contribution in [0.25, 0.3) is 0 Å². The summed E-state index contributed by atoms with van der Waals surface area (Å²) in [5, 5.41) is 12.1. The summed E-state index contributed by atoms with van der Waals surface area (Å²) in [4.78, 5) is 14.2. The van der Waals surface area contributed by atoms with Gasteiger partial charge in [-0.15, -0.1) is 10.2 Å². The average Bonchev–Trinajstić information content (AvgIpc) is 3.00. The van der Waals surface area contributed by atoms with Crippen LogP contribution in [0.1, 0.15) is 37.0 Å².